The molecule has 0 fully saturated rings. The Morgan fingerprint density at radius 3 is 2.47 bits per heavy atom. The number of hydrogen-bond acceptors (Lipinski definition) is 2. The number of nitrogens with zero attached hydrogens (tertiary/aromatic N) is 1. The van der Waals surface area contributed by atoms with E-state index in [4.69, 9.17) is 0 Å². The molecule has 0 aromatic rings. The van der Waals surface area contributed by atoms with E-state index >= 15 is 0 Å². The van der Waals surface area contributed by atoms with Gasteiger partial charge in [-0.05, 0) is 33.0 Å². The zero-order chi connectivity index (χ0) is 13.3. The van der Waals surface area contributed by atoms with Gasteiger partial charge in [-0.25, -0.2) is 0 Å². The van der Waals surface area contributed by atoms with Crippen molar-refractivity contribution in [3.8, 4) is 0 Å². The van der Waals surface area contributed by atoms with Crippen molar-refractivity contribution in [2.75, 3.05) is 27.2 Å². The summed E-state index contributed by atoms with van der Waals surface area (Å²) >= 11 is 0. The van der Waals surface area contributed by atoms with Crippen LogP contribution in [0.5, 0.6) is 0 Å². The van der Waals surface area contributed by atoms with Crippen LogP contribution in [0.15, 0.2) is 12.7 Å². The average molecular weight is 240 g/mol. The van der Waals surface area contributed by atoms with E-state index in [-0.39, 0.29) is 11.3 Å². The Bertz CT molecular complexity index is 238. The van der Waals surface area contributed by atoms with Crippen molar-refractivity contribution in [2.24, 2.45) is 5.41 Å². The highest BCUT2D eigenvalue weighted by Crippen LogP contribution is 2.28. The van der Waals surface area contributed by atoms with Gasteiger partial charge in [0.2, 0.25) is 5.91 Å². The Morgan fingerprint density at radius 2 is 2.06 bits per heavy atom. The summed E-state index contributed by atoms with van der Waals surface area (Å²) in [5.74, 6) is -0.0712. The highest BCUT2D eigenvalue weighted by Gasteiger charge is 2.28. The van der Waals surface area contributed by atoms with Gasteiger partial charge in [0.15, 0.2) is 0 Å². The van der Waals surface area contributed by atoms with Gasteiger partial charge >= 0.3 is 0 Å². The lowest BCUT2D eigenvalue weighted by molar-refractivity contribution is -0.117. The van der Waals surface area contributed by atoms with E-state index in [1.54, 1.807) is 0 Å². The molecule has 0 aliphatic rings. The third kappa shape index (κ3) is 6.47. The third-order valence-corrected chi connectivity index (χ3v) is 3.29. The highest BCUT2D eigenvalue weighted by molar-refractivity contribution is 5.86. The Morgan fingerprint density at radius 1 is 1.41 bits per heavy atom. The molecule has 1 unspecified atom stereocenters. The maximum atomic E-state index is 11.3. The molecule has 17 heavy (non-hydrogen) atoms. The fourth-order valence-corrected chi connectivity index (χ4v) is 2.21. The molecular formula is C14H28N2O. The predicted molar refractivity (Wildman–Crippen MR) is 74.0 cm³/mol. The zero-order valence-corrected chi connectivity index (χ0v) is 11.9. The number of rotatable bonds is 9. The van der Waals surface area contributed by atoms with Crippen LogP contribution in [0.4, 0.5) is 0 Å². The first kappa shape index (κ1) is 16.2. The number of unbranched alkanes of at least 4 members (excludes halogenated alkanes) is 1. The molecule has 0 rings (SSSR count). The largest absolute Gasteiger partial charge is 0.352 e. The first-order valence-electron chi connectivity index (χ1n) is 6.54. The molecule has 0 aromatic heterocycles. The number of carbonyl (C=O) groups excluding carboxylic acids is 1. The summed E-state index contributed by atoms with van der Waals surface area (Å²) < 4.78 is 0. The molecule has 0 spiro atoms. The van der Waals surface area contributed by atoms with Crippen molar-refractivity contribution in [1.29, 1.82) is 0 Å². The zero-order valence-electron chi connectivity index (χ0n) is 11.9. The first-order valence-corrected chi connectivity index (χ1v) is 6.54. The summed E-state index contributed by atoms with van der Waals surface area (Å²) in [5.41, 5.74) is 0.193. The van der Waals surface area contributed by atoms with E-state index in [0.717, 1.165) is 25.9 Å². The molecule has 0 radical (unpaired) electrons. The smallest absolute Gasteiger partial charge is 0.243 e. The monoisotopic (exact) mass is 240 g/mol. The molecule has 0 saturated heterocycles. The molecule has 0 heterocycles. The van der Waals surface area contributed by atoms with Crippen LogP contribution < -0.4 is 5.32 Å². The maximum absolute atomic E-state index is 11.3. The van der Waals surface area contributed by atoms with Gasteiger partial charge in [-0.2, -0.15) is 0 Å². The van der Waals surface area contributed by atoms with Gasteiger partial charge in [0.05, 0.1) is 0 Å². The highest BCUT2D eigenvalue weighted by atomic mass is 16.1. The fourth-order valence-electron chi connectivity index (χ4n) is 2.21. The minimum absolute atomic E-state index is 0.0712. The van der Waals surface area contributed by atoms with Crippen molar-refractivity contribution in [2.45, 2.75) is 39.5 Å². The molecule has 1 amide bonds. The number of hydrogen-bond donors (Lipinski definition) is 1. The van der Waals surface area contributed by atoms with E-state index in [0.29, 0.717) is 0 Å². The lowest BCUT2D eigenvalue weighted by Crippen LogP contribution is -2.43. The van der Waals surface area contributed by atoms with Crippen LogP contribution in [-0.2, 0) is 4.79 Å². The molecule has 0 aliphatic carbocycles. The Balaban J connectivity index is 4.53. The first-order chi connectivity index (χ1) is 7.99. The van der Waals surface area contributed by atoms with Crippen LogP contribution in [0.1, 0.15) is 39.5 Å². The SMILES string of the molecule is C=CC(=O)NCC(CC)(CCCC)CN(C)C. The molecule has 1 atom stereocenters. The van der Waals surface area contributed by atoms with Crippen LogP contribution in [0.3, 0.4) is 0 Å². The Hall–Kier alpha value is -0.830. The average Bonchev–Trinajstić information content (AvgIpc) is 2.31. The van der Waals surface area contributed by atoms with Crippen LogP contribution in [0.2, 0.25) is 0 Å². The molecule has 0 bridgehead atoms. The summed E-state index contributed by atoms with van der Waals surface area (Å²) in [5, 5.41) is 2.95. The van der Waals surface area contributed by atoms with E-state index in [1.165, 1.54) is 18.9 Å². The minimum Gasteiger partial charge on any atom is -0.352 e. The van der Waals surface area contributed by atoms with E-state index < -0.39 is 0 Å². The van der Waals surface area contributed by atoms with E-state index in [9.17, 15) is 4.79 Å². The molecule has 0 saturated carbocycles. The number of amides is 1. The van der Waals surface area contributed by atoms with Gasteiger partial charge in [0.1, 0.15) is 0 Å². The van der Waals surface area contributed by atoms with Crippen molar-refractivity contribution in [3.05, 3.63) is 12.7 Å². The molecule has 3 heteroatoms. The topological polar surface area (TPSA) is 32.3 Å². The number of nitrogens with one attached hydrogen (secondary N) is 1. The summed E-state index contributed by atoms with van der Waals surface area (Å²) in [6.45, 7) is 9.66. The van der Waals surface area contributed by atoms with Crippen molar-refractivity contribution < 1.29 is 4.79 Å². The van der Waals surface area contributed by atoms with Gasteiger partial charge < -0.3 is 10.2 Å². The Labute approximate surface area is 106 Å². The molecule has 3 nitrogen and oxygen atoms in total. The molecule has 100 valence electrons. The molecule has 0 aromatic carbocycles. The fraction of sp³-hybridized carbons (Fsp3) is 0.786. The lowest BCUT2D eigenvalue weighted by atomic mass is 9.79. The van der Waals surface area contributed by atoms with Gasteiger partial charge in [-0.3, -0.25) is 4.79 Å². The number of carbonyl (C=O) groups is 1. The van der Waals surface area contributed by atoms with Crippen LogP contribution in [0, 0.1) is 5.41 Å². The second-order valence-electron chi connectivity index (χ2n) is 5.12. The van der Waals surface area contributed by atoms with Crippen molar-refractivity contribution in [1.82, 2.24) is 10.2 Å². The van der Waals surface area contributed by atoms with Crippen molar-refractivity contribution in [3.63, 3.8) is 0 Å². The lowest BCUT2D eigenvalue weighted by Gasteiger charge is -2.35. The van der Waals surface area contributed by atoms with Crippen LogP contribution in [-0.4, -0.2) is 38.0 Å². The predicted octanol–water partition coefficient (Wildman–Crippen LogP) is 2.44. The second-order valence-corrected chi connectivity index (χ2v) is 5.12. The second kappa shape index (κ2) is 8.29. The summed E-state index contributed by atoms with van der Waals surface area (Å²) in [6, 6.07) is 0. The summed E-state index contributed by atoms with van der Waals surface area (Å²) in [6.07, 6.45) is 6.00. The van der Waals surface area contributed by atoms with Gasteiger partial charge in [-0.15, -0.1) is 0 Å². The van der Waals surface area contributed by atoms with E-state index in [2.05, 4.69) is 44.7 Å². The third-order valence-electron chi connectivity index (χ3n) is 3.29. The molecular weight excluding hydrogens is 212 g/mol. The summed E-state index contributed by atoms with van der Waals surface area (Å²) in [7, 11) is 4.18. The van der Waals surface area contributed by atoms with Gasteiger partial charge in [0, 0.05) is 18.5 Å². The van der Waals surface area contributed by atoms with Crippen molar-refractivity contribution >= 4 is 5.91 Å². The quantitative estimate of drug-likeness (QED) is 0.628. The minimum atomic E-state index is -0.0712. The van der Waals surface area contributed by atoms with Gasteiger partial charge in [0.25, 0.3) is 0 Å². The van der Waals surface area contributed by atoms with Crippen LogP contribution >= 0.6 is 0 Å². The standard InChI is InChI=1S/C14H28N2O/c1-6-9-10-14(8-3,12-16(4)5)11-15-13(17)7-2/h7H,2,6,8-12H2,1,3-5H3,(H,15,17). The van der Waals surface area contributed by atoms with Gasteiger partial charge in [-0.1, -0.05) is 33.3 Å². The summed E-state index contributed by atoms with van der Waals surface area (Å²) in [4.78, 5) is 13.5. The van der Waals surface area contributed by atoms with Crippen LogP contribution in [0.25, 0.3) is 0 Å². The maximum Gasteiger partial charge on any atom is 0.243 e. The molecule has 0 aliphatic heterocycles. The Kier molecular flexibility index (Phi) is 7.88. The molecule has 1 N–H and O–H groups in total. The normalized spacial score (nSPS) is 14.4. The van der Waals surface area contributed by atoms with E-state index in [1.807, 2.05) is 0 Å².